The van der Waals surface area contributed by atoms with Crippen LogP contribution in [0.5, 0.6) is 0 Å². The van der Waals surface area contributed by atoms with Gasteiger partial charge in [0, 0.05) is 9.85 Å². The second-order valence-electron chi connectivity index (χ2n) is 3.09. The Labute approximate surface area is 104 Å². The van der Waals surface area contributed by atoms with Crippen molar-refractivity contribution in [3.8, 4) is 0 Å². The summed E-state index contributed by atoms with van der Waals surface area (Å²) in [5, 5.41) is 6.24. The molecule has 2 rings (SSSR count). The van der Waals surface area contributed by atoms with E-state index in [1.807, 2.05) is 5.38 Å². The predicted molar refractivity (Wildman–Crippen MR) is 66.4 cm³/mol. The van der Waals surface area contributed by atoms with Crippen molar-refractivity contribution in [2.24, 2.45) is 0 Å². The lowest BCUT2D eigenvalue weighted by Gasteiger charge is -2.04. The number of amides is 1. The number of hydrogen-bond donors (Lipinski definition) is 1. The van der Waals surface area contributed by atoms with E-state index in [1.165, 1.54) is 23.5 Å². The molecule has 1 N–H and O–H groups in total. The number of rotatable bonds is 2. The van der Waals surface area contributed by atoms with Crippen LogP contribution >= 0.6 is 27.3 Å². The molecule has 1 aromatic carbocycles. The first-order valence-corrected chi connectivity index (χ1v) is 6.19. The number of anilines is 1. The zero-order valence-electron chi connectivity index (χ0n) is 8.04. The summed E-state index contributed by atoms with van der Waals surface area (Å²) < 4.78 is 14.0. The minimum atomic E-state index is -0.540. The van der Waals surface area contributed by atoms with Crippen LogP contribution in [0.25, 0.3) is 0 Å². The van der Waals surface area contributed by atoms with Gasteiger partial charge in [0.25, 0.3) is 5.91 Å². The van der Waals surface area contributed by atoms with Gasteiger partial charge in [-0.05, 0) is 29.6 Å². The number of halogens is 2. The molecule has 0 radical (unpaired) electrons. The number of thiophene rings is 1. The highest BCUT2D eigenvalue weighted by molar-refractivity contribution is 9.10. The molecule has 2 aromatic rings. The van der Waals surface area contributed by atoms with Gasteiger partial charge in [-0.2, -0.15) is 11.3 Å². The van der Waals surface area contributed by atoms with E-state index in [-0.39, 0.29) is 5.56 Å². The number of nitrogens with one attached hydrogen (secondary N) is 1. The molecule has 0 bridgehead atoms. The highest BCUT2D eigenvalue weighted by Crippen LogP contribution is 2.18. The smallest absolute Gasteiger partial charge is 0.258 e. The fourth-order valence-corrected chi connectivity index (χ4v) is 2.13. The third kappa shape index (κ3) is 2.48. The first kappa shape index (κ1) is 11.3. The summed E-state index contributed by atoms with van der Waals surface area (Å²) in [6, 6.07) is 6.11. The standard InChI is InChI=1S/C11H7BrFNOS/c12-7-1-2-9(10(13)5-7)11(15)14-8-3-4-16-6-8/h1-6H,(H,14,15). The van der Waals surface area contributed by atoms with E-state index in [0.717, 1.165) is 0 Å². The molecule has 0 unspecified atom stereocenters. The minimum absolute atomic E-state index is 0.0365. The van der Waals surface area contributed by atoms with Gasteiger partial charge in [0.15, 0.2) is 0 Å². The molecule has 1 heterocycles. The first-order valence-electron chi connectivity index (χ1n) is 4.45. The average Bonchev–Trinajstić information content (AvgIpc) is 2.70. The second-order valence-corrected chi connectivity index (χ2v) is 4.79. The van der Waals surface area contributed by atoms with E-state index in [2.05, 4.69) is 21.2 Å². The first-order chi connectivity index (χ1) is 7.66. The van der Waals surface area contributed by atoms with Crippen LogP contribution in [0, 0.1) is 5.82 Å². The van der Waals surface area contributed by atoms with Crippen molar-refractivity contribution in [2.45, 2.75) is 0 Å². The Morgan fingerprint density at radius 1 is 1.38 bits per heavy atom. The van der Waals surface area contributed by atoms with Crippen molar-refractivity contribution in [2.75, 3.05) is 5.32 Å². The number of benzene rings is 1. The van der Waals surface area contributed by atoms with Crippen molar-refractivity contribution in [3.05, 3.63) is 50.9 Å². The highest BCUT2D eigenvalue weighted by Gasteiger charge is 2.11. The molecular weight excluding hydrogens is 293 g/mol. The zero-order chi connectivity index (χ0) is 11.5. The molecular formula is C11H7BrFNOS. The quantitative estimate of drug-likeness (QED) is 0.895. The monoisotopic (exact) mass is 299 g/mol. The largest absolute Gasteiger partial charge is 0.321 e. The molecule has 1 amide bonds. The molecule has 0 spiro atoms. The Morgan fingerprint density at radius 2 is 2.19 bits per heavy atom. The fourth-order valence-electron chi connectivity index (χ4n) is 1.21. The highest BCUT2D eigenvalue weighted by atomic mass is 79.9. The van der Waals surface area contributed by atoms with Gasteiger partial charge in [0.2, 0.25) is 0 Å². The molecule has 82 valence electrons. The maximum absolute atomic E-state index is 13.4. The van der Waals surface area contributed by atoms with Gasteiger partial charge >= 0.3 is 0 Å². The van der Waals surface area contributed by atoms with Crippen LogP contribution in [0.15, 0.2) is 39.5 Å². The molecule has 0 saturated carbocycles. The van der Waals surface area contributed by atoms with Gasteiger partial charge in [-0.25, -0.2) is 4.39 Å². The third-order valence-electron chi connectivity index (χ3n) is 1.95. The van der Waals surface area contributed by atoms with Crippen molar-refractivity contribution >= 4 is 38.9 Å². The molecule has 0 atom stereocenters. The van der Waals surface area contributed by atoms with Gasteiger partial charge in [-0.15, -0.1) is 0 Å². The number of hydrogen-bond acceptors (Lipinski definition) is 2. The Morgan fingerprint density at radius 3 is 2.81 bits per heavy atom. The van der Waals surface area contributed by atoms with Crippen LogP contribution in [0.2, 0.25) is 0 Å². The van der Waals surface area contributed by atoms with E-state index >= 15 is 0 Å². The predicted octanol–water partition coefficient (Wildman–Crippen LogP) is 3.90. The molecule has 0 saturated heterocycles. The van der Waals surface area contributed by atoms with Crippen LogP contribution in [-0.4, -0.2) is 5.91 Å². The van der Waals surface area contributed by atoms with E-state index in [0.29, 0.717) is 10.2 Å². The molecule has 1 aromatic heterocycles. The van der Waals surface area contributed by atoms with Crippen molar-refractivity contribution < 1.29 is 9.18 Å². The van der Waals surface area contributed by atoms with Gasteiger partial charge in [0.1, 0.15) is 5.82 Å². The van der Waals surface area contributed by atoms with Gasteiger partial charge in [-0.1, -0.05) is 15.9 Å². The topological polar surface area (TPSA) is 29.1 Å². The summed E-state index contributed by atoms with van der Waals surface area (Å²) in [7, 11) is 0. The molecule has 2 nitrogen and oxygen atoms in total. The summed E-state index contributed by atoms with van der Waals surface area (Å²) >= 11 is 4.60. The normalized spacial score (nSPS) is 10.1. The molecule has 16 heavy (non-hydrogen) atoms. The lowest BCUT2D eigenvalue weighted by Crippen LogP contribution is -2.13. The van der Waals surface area contributed by atoms with Crippen molar-refractivity contribution in [1.29, 1.82) is 0 Å². The van der Waals surface area contributed by atoms with Crippen LogP contribution in [0.4, 0.5) is 10.1 Å². The lowest BCUT2D eigenvalue weighted by molar-refractivity contribution is 0.102. The number of carbonyl (C=O) groups excluding carboxylic acids is 1. The minimum Gasteiger partial charge on any atom is -0.321 e. The Kier molecular flexibility index (Phi) is 3.36. The summed E-state index contributed by atoms with van der Waals surface area (Å²) in [6.45, 7) is 0. The maximum atomic E-state index is 13.4. The van der Waals surface area contributed by atoms with Crippen LogP contribution in [-0.2, 0) is 0 Å². The summed E-state index contributed by atoms with van der Waals surface area (Å²) in [4.78, 5) is 11.7. The summed E-state index contributed by atoms with van der Waals surface area (Å²) in [6.07, 6.45) is 0. The SMILES string of the molecule is O=C(Nc1ccsc1)c1ccc(Br)cc1F. The molecule has 0 fully saturated rings. The molecule has 0 aliphatic carbocycles. The second kappa shape index (κ2) is 4.76. The summed E-state index contributed by atoms with van der Waals surface area (Å²) in [5.74, 6) is -0.981. The summed E-state index contributed by atoms with van der Waals surface area (Å²) in [5.41, 5.74) is 0.715. The molecule has 5 heteroatoms. The van der Waals surface area contributed by atoms with Crippen LogP contribution in [0.3, 0.4) is 0 Å². The van der Waals surface area contributed by atoms with Gasteiger partial charge < -0.3 is 5.32 Å². The maximum Gasteiger partial charge on any atom is 0.258 e. The van der Waals surface area contributed by atoms with Crippen molar-refractivity contribution in [3.63, 3.8) is 0 Å². The van der Waals surface area contributed by atoms with Crippen LogP contribution in [0.1, 0.15) is 10.4 Å². The van der Waals surface area contributed by atoms with E-state index < -0.39 is 11.7 Å². The molecule has 0 aliphatic rings. The van der Waals surface area contributed by atoms with Gasteiger partial charge in [-0.3, -0.25) is 4.79 Å². The Hall–Kier alpha value is -1.20. The fraction of sp³-hybridized carbons (Fsp3) is 0. The lowest BCUT2D eigenvalue weighted by atomic mass is 10.2. The van der Waals surface area contributed by atoms with Crippen LogP contribution < -0.4 is 5.32 Å². The van der Waals surface area contributed by atoms with E-state index in [1.54, 1.807) is 17.5 Å². The van der Waals surface area contributed by atoms with E-state index in [9.17, 15) is 9.18 Å². The zero-order valence-corrected chi connectivity index (χ0v) is 10.4. The Bertz CT molecular complexity index is 513. The average molecular weight is 300 g/mol. The van der Waals surface area contributed by atoms with E-state index in [4.69, 9.17) is 0 Å². The molecule has 0 aliphatic heterocycles. The van der Waals surface area contributed by atoms with Crippen molar-refractivity contribution in [1.82, 2.24) is 0 Å². The number of carbonyl (C=O) groups is 1. The third-order valence-corrected chi connectivity index (χ3v) is 3.13. The Balaban J connectivity index is 2.21. The van der Waals surface area contributed by atoms with Gasteiger partial charge in [0.05, 0.1) is 11.3 Å².